The fourth-order valence-electron chi connectivity index (χ4n) is 0.836. The Kier molecular flexibility index (Phi) is 3.13. The molecule has 0 amide bonds. The third-order valence-corrected chi connectivity index (χ3v) is 2.46. The van der Waals surface area contributed by atoms with Gasteiger partial charge in [-0.25, -0.2) is 9.78 Å². The van der Waals surface area contributed by atoms with E-state index in [1.165, 1.54) is 6.20 Å². The summed E-state index contributed by atoms with van der Waals surface area (Å²) in [5, 5.41) is 8.86. The van der Waals surface area contributed by atoms with E-state index in [0.717, 1.165) is 17.8 Å². The summed E-state index contributed by atoms with van der Waals surface area (Å²) in [5.41, 5.74) is 0. The summed E-state index contributed by atoms with van der Waals surface area (Å²) in [6, 6.07) is 0. The van der Waals surface area contributed by atoms with Gasteiger partial charge in [-0.15, -0.1) is 11.3 Å². The molecule has 0 spiro atoms. The average Bonchev–Trinajstić information content (AvgIpc) is 2.52. The van der Waals surface area contributed by atoms with Gasteiger partial charge in [0.1, 0.15) is 4.88 Å². The lowest BCUT2D eigenvalue weighted by molar-refractivity contribution is 0.0701. The molecule has 1 heterocycles. The number of aromatic carboxylic acids is 1. The first kappa shape index (κ1) is 9.85. The van der Waals surface area contributed by atoms with Crippen LogP contribution < -0.4 is 0 Å². The Hall–Kier alpha value is -1.23. The van der Waals surface area contributed by atoms with Crippen molar-refractivity contribution in [2.45, 2.75) is 19.8 Å². The van der Waals surface area contributed by atoms with Crippen molar-refractivity contribution in [1.29, 1.82) is 0 Å². The van der Waals surface area contributed by atoms with Crippen LogP contribution in [0.4, 0.5) is 0 Å². The van der Waals surface area contributed by atoms with E-state index in [4.69, 9.17) is 5.11 Å². The Morgan fingerprint density at radius 2 is 2.31 bits per heavy atom. The van der Waals surface area contributed by atoms with Gasteiger partial charge in [0.05, 0.1) is 6.20 Å². The zero-order valence-electron chi connectivity index (χ0n) is 7.11. The zero-order chi connectivity index (χ0) is 9.84. The second kappa shape index (κ2) is 4.13. The standard InChI is InChI=1S/C8H9NO3S/c1-2-3-5(10)7-9-4-6(13-7)8(11)12/h4H,2-3H2,1H3,(H,11,12). The van der Waals surface area contributed by atoms with E-state index in [1.807, 2.05) is 6.92 Å². The third-order valence-electron chi connectivity index (χ3n) is 1.43. The first-order valence-corrected chi connectivity index (χ1v) is 4.69. The van der Waals surface area contributed by atoms with Crippen molar-refractivity contribution in [3.63, 3.8) is 0 Å². The van der Waals surface area contributed by atoms with Gasteiger partial charge in [-0.05, 0) is 6.42 Å². The first-order chi connectivity index (χ1) is 6.15. The van der Waals surface area contributed by atoms with Crippen LogP contribution in [-0.2, 0) is 0 Å². The van der Waals surface area contributed by atoms with E-state index in [9.17, 15) is 9.59 Å². The average molecular weight is 199 g/mol. The van der Waals surface area contributed by atoms with E-state index < -0.39 is 5.97 Å². The normalized spacial score (nSPS) is 9.92. The lowest BCUT2D eigenvalue weighted by Crippen LogP contribution is -1.96. The van der Waals surface area contributed by atoms with Crippen LogP contribution in [-0.4, -0.2) is 21.8 Å². The predicted molar refractivity (Wildman–Crippen MR) is 48.3 cm³/mol. The van der Waals surface area contributed by atoms with Crippen molar-refractivity contribution in [3.05, 3.63) is 16.1 Å². The predicted octanol–water partition coefficient (Wildman–Crippen LogP) is 1.82. The van der Waals surface area contributed by atoms with Crippen LogP contribution in [0.1, 0.15) is 39.2 Å². The lowest BCUT2D eigenvalue weighted by atomic mass is 10.2. The molecule has 1 rings (SSSR count). The van der Waals surface area contributed by atoms with Crippen LogP contribution in [0, 0.1) is 0 Å². The van der Waals surface area contributed by atoms with Gasteiger partial charge in [-0.1, -0.05) is 6.92 Å². The molecule has 0 aliphatic rings. The number of nitrogens with zero attached hydrogens (tertiary/aromatic N) is 1. The fourth-order valence-corrected chi connectivity index (χ4v) is 1.56. The molecule has 70 valence electrons. The summed E-state index contributed by atoms with van der Waals surface area (Å²) in [6.07, 6.45) is 2.39. The molecule has 0 saturated heterocycles. The summed E-state index contributed by atoms with van der Waals surface area (Å²) < 4.78 is 0. The molecule has 1 N–H and O–H groups in total. The molecule has 0 atom stereocenters. The molecule has 0 radical (unpaired) electrons. The van der Waals surface area contributed by atoms with E-state index in [2.05, 4.69) is 4.98 Å². The van der Waals surface area contributed by atoms with Crippen LogP contribution >= 0.6 is 11.3 Å². The van der Waals surface area contributed by atoms with Crippen LogP contribution in [0.5, 0.6) is 0 Å². The number of carbonyl (C=O) groups excluding carboxylic acids is 1. The third kappa shape index (κ3) is 2.35. The summed E-state index contributed by atoms with van der Waals surface area (Å²) in [6.45, 7) is 1.89. The maximum atomic E-state index is 11.2. The molecule has 0 aliphatic heterocycles. The van der Waals surface area contributed by atoms with Gasteiger partial charge in [-0.3, -0.25) is 4.79 Å². The smallest absolute Gasteiger partial charge is 0.347 e. The van der Waals surface area contributed by atoms with Gasteiger partial charge in [-0.2, -0.15) is 0 Å². The molecule has 0 aliphatic carbocycles. The van der Waals surface area contributed by atoms with Gasteiger partial charge in [0.25, 0.3) is 0 Å². The number of carboxylic acid groups (broad SMARTS) is 1. The highest BCUT2D eigenvalue weighted by Crippen LogP contribution is 2.14. The quantitative estimate of drug-likeness (QED) is 0.751. The minimum absolute atomic E-state index is 0.0833. The molecule has 0 aromatic carbocycles. The van der Waals surface area contributed by atoms with Crippen molar-refractivity contribution >= 4 is 23.1 Å². The minimum atomic E-state index is -1.03. The minimum Gasteiger partial charge on any atom is -0.477 e. The lowest BCUT2D eigenvalue weighted by Gasteiger charge is -1.89. The molecule has 1 aromatic rings. The van der Waals surface area contributed by atoms with Crippen molar-refractivity contribution in [2.24, 2.45) is 0 Å². The summed E-state index contributed by atoms with van der Waals surface area (Å²) in [4.78, 5) is 25.5. The van der Waals surface area contributed by atoms with Gasteiger partial charge in [0, 0.05) is 6.42 Å². The molecule has 5 heteroatoms. The second-order valence-corrected chi connectivity index (χ2v) is 3.54. The zero-order valence-corrected chi connectivity index (χ0v) is 7.93. The first-order valence-electron chi connectivity index (χ1n) is 3.87. The fraction of sp³-hybridized carbons (Fsp3) is 0.375. The number of ketones is 1. The van der Waals surface area contributed by atoms with Gasteiger partial charge in [0.2, 0.25) is 0 Å². The molecular formula is C8H9NO3S. The molecule has 0 fully saturated rings. The topological polar surface area (TPSA) is 67.3 Å². The number of Topliss-reactive ketones (excluding diaryl/α,β-unsaturated/α-hetero) is 1. The summed E-state index contributed by atoms with van der Waals surface area (Å²) in [7, 11) is 0. The number of carbonyl (C=O) groups is 2. The van der Waals surface area contributed by atoms with Gasteiger partial charge < -0.3 is 5.11 Å². The van der Waals surface area contributed by atoms with Crippen molar-refractivity contribution < 1.29 is 14.7 Å². The Labute approximate surface area is 79.2 Å². The van der Waals surface area contributed by atoms with Crippen LogP contribution in [0.15, 0.2) is 6.20 Å². The highest BCUT2D eigenvalue weighted by Gasteiger charge is 2.13. The van der Waals surface area contributed by atoms with E-state index in [0.29, 0.717) is 11.4 Å². The Morgan fingerprint density at radius 1 is 1.62 bits per heavy atom. The molecule has 0 unspecified atom stereocenters. The highest BCUT2D eigenvalue weighted by molar-refractivity contribution is 7.15. The monoisotopic (exact) mass is 199 g/mol. The van der Waals surface area contributed by atoms with E-state index >= 15 is 0 Å². The summed E-state index contributed by atoms with van der Waals surface area (Å²) in [5.74, 6) is -1.12. The SMILES string of the molecule is CCCC(=O)c1ncc(C(=O)O)s1. The maximum absolute atomic E-state index is 11.2. The number of hydrogen-bond acceptors (Lipinski definition) is 4. The number of aromatic nitrogens is 1. The number of carboxylic acids is 1. The Balaban J connectivity index is 2.79. The molecule has 13 heavy (non-hydrogen) atoms. The van der Waals surface area contributed by atoms with Crippen LogP contribution in [0.2, 0.25) is 0 Å². The van der Waals surface area contributed by atoms with Crippen molar-refractivity contribution in [1.82, 2.24) is 4.98 Å². The Morgan fingerprint density at radius 3 is 2.77 bits per heavy atom. The number of hydrogen-bond donors (Lipinski definition) is 1. The molecule has 0 saturated carbocycles. The molecule has 1 aromatic heterocycles. The molecular weight excluding hydrogens is 190 g/mol. The van der Waals surface area contributed by atoms with E-state index in [1.54, 1.807) is 0 Å². The van der Waals surface area contributed by atoms with Crippen LogP contribution in [0.25, 0.3) is 0 Å². The molecule has 0 bridgehead atoms. The van der Waals surface area contributed by atoms with Gasteiger partial charge >= 0.3 is 5.97 Å². The van der Waals surface area contributed by atoms with Crippen molar-refractivity contribution in [3.8, 4) is 0 Å². The number of rotatable bonds is 4. The maximum Gasteiger partial charge on any atom is 0.347 e. The molecule has 4 nitrogen and oxygen atoms in total. The Bertz CT molecular complexity index is 332. The van der Waals surface area contributed by atoms with Gasteiger partial charge in [0.15, 0.2) is 10.8 Å². The summed E-state index contributed by atoms with van der Waals surface area (Å²) >= 11 is 0.929. The number of thiazole rings is 1. The van der Waals surface area contributed by atoms with E-state index in [-0.39, 0.29) is 10.7 Å². The second-order valence-electron chi connectivity index (χ2n) is 2.51. The van der Waals surface area contributed by atoms with Crippen molar-refractivity contribution in [2.75, 3.05) is 0 Å². The highest BCUT2D eigenvalue weighted by atomic mass is 32.1. The largest absolute Gasteiger partial charge is 0.477 e. The van der Waals surface area contributed by atoms with Crippen LogP contribution in [0.3, 0.4) is 0 Å².